The zero-order chi connectivity index (χ0) is 13.5. The molecule has 1 aromatic carbocycles. The summed E-state index contributed by atoms with van der Waals surface area (Å²) >= 11 is 5.86. The molecule has 0 spiro atoms. The maximum atomic E-state index is 11.6. The third-order valence-corrected chi connectivity index (χ3v) is 2.64. The molecule has 0 heterocycles. The fourth-order valence-corrected chi connectivity index (χ4v) is 1.51. The first kappa shape index (κ1) is 14.8. The standard InChI is InChI=1S/C12H17ClN2O3/c1-8-4-5-9(13)6-10(8)15-12(16)14-7-11(17-2)18-3/h4-6,11H,7H2,1-3H3,(H2,14,15,16). The second-order valence-electron chi connectivity index (χ2n) is 3.70. The molecule has 0 saturated carbocycles. The van der Waals surface area contributed by atoms with Crippen LogP contribution in [0, 0.1) is 6.92 Å². The second kappa shape index (κ2) is 7.20. The summed E-state index contributed by atoms with van der Waals surface area (Å²) in [5, 5.41) is 5.92. The van der Waals surface area contributed by atoms with Crippen molar-refractivity contribution >= 4 is 23.3 Å². The van der Waals surface area contributed by atoms with Crippen LogP contribution < -0.4 is 10.6 Å². The molecule has 1 aromatic rings. The number of amides is 2. The van der Waals surface area contributed by atoms with E-state index in [4.69, 9.17) is 21.1 Å². The SMILES string of the molecule is COC(CNC(=O)Nc1cc(Cl)ccc1C)OC. The number of carbonyl (C=O) groups excluding carboxylic acids is 1. The van der Waals surface area contributed by atoms with Gasteiger partial charge in [-0.2, -0.15) is 0 Å². The molecular formula is C12H17ClN2O3. The van der Waals surface area contributed by atoms with E-state index in [0.717, 1.165) is 5.56 Å². The zero-order valence-corrected chi connectivity index (χ0v) is 11.4. The number of methoxy groups -OCH3 is 2. The highest BCUT2D eigenvalue weighted by Gasteiger charge is 2.09. The summed E-state index contributed by atoms with van der Waals surface area (Å²) in [4.78, 5) is 11.6. The van der Waals surface area contributed by atoms with E-state index in [0.29, 0.717) is 10.7 Å². The molecule has 0 atom stereocenters. The van der Waals surface area contributed by atoms with Crippen LogP contribution in [0.5, 0.6) is 0 Å². The molecule has 2 N–H and O–H groups in total. The van der Waals surface area contributed by atoms with Gasteiger partial charge in [0.25, 0.3) is 0 Å². The summed E-state index contributed by atoms with van der Waals surface area (Å²) in [6, 6.07) is 4.97. The predicted octanol–water partition coefficient (Wildman–Crippen LogP) is 2.39. The molecule has 5 nitrogen and oxygen atoms in total. The van der Waals surface area contributed by atoms with Gasteiger partial charge in [0.2, 0.25) is 0 Å². The number of rotatable bonds is 5. The molecule has 0 saturated heterocycles. The smallest absolute Gasteiger partial charge is 0.319 e. The highest BCUT2D eigenvalue weighted by Crippen LogP contribution is 2.19. The van der Waals surface area contributed by atoms with Gasteiger partial charge < -0.3 is 20.1 Å². The number of nitrogens with one attached hydrogen (secondary N) is 2. The Morgan fingerprint density at radius 1 is 1.39 bits per heavy atom. The molecule has 18 heavy (non-hydrogen) atoms. The number of urea groups is 1. The molecule has 2 amide bonds. The molecule has 0 unspecified atom stereocenters. The number of anilines is 1. The predicted molar refractivity (Wildman–Crippen MR) is 71.0 cm³/mol. The summed E-state index contributed by atoms with van der Waals surface area (Å²) in [7, 11) is 3.02. The minimum atomic E-state index is -0.462. The van der Waals surface area contributed by atoms with Crippen molar-refractivity contribution in [3.05, 3.63) is 28.8 Å². The lowest BCUT2D eigenvalue weighted by molar-refractivity contribution is -0.0970. The Bertz CT molecular complexity index is 408. The number of carbonyl (C=O) groups is 1. The molecule has 0 bridgehead atoms. The van der Waals surface area contributed by atoms with E-state index in [1.54, 1.807) is 12.1 Å². The number of ether oxygens (including phenoxy) is 2. The lowest BCUT2D eigenvalue weighted by Gasteiger charge is -2.15. The van der Waals surface area contributed by atoms with E-state index < -0.39 is 6.29 Å². The van der Waals surface area contributed by atoms with Crippen molar-refractivity contribution in [2.24, 2.45) is 0 Å². The molecule has 0 aromatic heterocycles. The Hall–Kier alpha value is -1.30. The van der Waals surface area contributed by atoms with Gasteiger partial charge >= 0.3 is 6.03 Å². The van der Waals surface area contributed by atoms with E-state index in [1.807, 2.05) is 13.0 Å². The molecule has 0 radical (unpaired) electrons. The van der Waals surface area contributed by atoms with E-state index in [2.05, 4.69) is 10.6 Å². The molecule has 0 aliphatic heterocycles. The highest BCUT2D eigenvalue weighted by atomic mass is 35.5. The molecule has 0 aliphatic rings. The average molecular weight is 273 g/mol. The normalized spacial score (nSPS) is 10.5. The molecular weight excluding hydrogens is 256 g/mol. The average Bonchev–Trinajstić information content (AvgIpc) is 2.35. The minimum Gasteiger partial charge on any atom is -0.354 e. The van der Waals surface area contributed by atoms with Gasteiger partial charge in [-0.05, 0) is 24.6 Å². The van der Waals surface area contributed by atoms with Crippen LogP contribution in [0.15, 0.2) is 18.2 Å². The molecule has 1 rings (SSSR count). The van der Waals surface area contributed by atoms with Crippen LogP contribution in [0.1, 0.15) is 5.56 Å². The van der Waals surface area contributed by atoms with Crippen molar-refractivity contribution in [2.75, 3.05) is 26.1 Å². The first-order valence-electron chi connectivity index (χ1n) is 5.43. The largest absolute Gasteiger partial charge is 0.354 e. The van der Waals surface area contributed by atoms with Crippen LogP contribution in [0.2, 0.25) is 5.02 Å². The molecule has 0 aliphatic carbocycles. The van der Waals surface area contributed by atoms with Crippen LogP contribution in [0.4, 0.5) is 10.5 Å². The summed E-state index contributed by atoms with van der Waals surface area (Å²) in [6.45, 7) is 2.15. The van der Waals surface area contributed by atoms with E-state index in [9.17, 15) is 4.79 Å². The fourth-order valence-electron chi connectivity index (χ4n) is 1.33. The maximum absolute atomic E-state index is 11.6. The number of halogens is 1. The van der Waals surface area contributed by atoms with Crippen molar-refractivity contribution < 1.29 is 14.3 Å². The van der Waals surface area contributed by atoms with Crippen molar-refractivity contribution in [1.82, 2.24) is 5.32 Å². The van der Waals surface area contributed by atoms with Crippen LogP contribution in [-0.2, 0) is 9.47 Å². The van der Waals surface area contributed by atoms with Crippen LogP contribution in [0.25, 0.3) is 0 Å². The van der Waals surface area contributed by atoms with Crippen molar-refractivity contribution in [1.29, 1.82) is 0 Å². The van der Waals surface area contributed by atoms with Gasteiger partial charge in [0.15, 0.2) is 6.29 Å². The van der Waals surface area contributed by atoms with Gasteiger partial charge in [-0.15, -0.1) is 0 Å². The second-order valence-corrected chi connectivity index (χ2v) is 4.13. The van der Waals surface area contributed by atoms with E-state index in [1.165, 1.54) is 14.2 Å². The Kier molecular flexibility index (Phi) is 5.91. The Morgan fingerprint density at radius 3 is 2.67 bits per heavy atom. The number of aryl methyl sites for hydroxylation is 1. The van der Waals surface area contributed by atoms with Crippen molar-refractivity contribution in [3.63, 3.8) is 0 Å². The van der Waals surface area contributed by atoms with Gasteiger partial charge in [-0.3, -0.25) is 0 Å². The van der Waals surface area contributed by atoms with Gasteiger partial charge in [-0.25, -0.2) is 4.79 Å². The zero-order valence-electron chi connectivity index (χ0n) is 10.6. The van der Waals surface area contributed by atoms with Crippen molar-refractivity contribution in [3.8, 4) is 0 Å². The number of benzene rings is 1. The maximum Gasteiger partial charge on any atom is 0.319 e. The highest BCUT2D eigenvalue weighted by molar-refractivity contribution is 6.31. The monoisotopic (exact) mass is 272 g/mol. The van der Waals surface area contributed by atoms with E-state index in [-0.39, 0.29) is 12.6 Å². The van der Waals surface area contributed by atoms with Crippen LogP contribution in [-0.4, -0.2) is 33.1 Å². The van der Waals surface area contributed by atoms with Crippen LogP contribution >= 0.6 is 11.6 Å². The Morgan fingerprint density at radius 2 is 2.06 bits per heavy atom. The van der Waals surface area contributed by atoms with Crippen LogP contribution in [0.3, 0.4) is 0 Å². The third-order valence-electron chi connectivity index (χ3n) is 2.40. The number of hydrogen-bond donors (Lipinski definition) is 2. The lowest BCUT2D eigenvalue weighted by Crippen LogP contribution is -2.36. The topological polar surface area (TPSA) is 59.6 Å². The summed E-state index contributed by atoms with van der Waals surface area (Å²) < 4.78 is 9.91. The third kappa shape index (κ3) is 4.52. The number of hydrogen-bond acceptors (Lipinski definition) is 3. The first-order chi connectivity index (χ1) is 8.56. The van der Waals surface area contributed by atoms with E-state index >= 15 is 0 Å². The summed E-state index contributed by atoms with van der Waals surface area (Å²) in [6.07, 6.45) is -0.462. The first-order valence-corrected chi connectivity index (χ1v) is 5.81. The van der Waals surface area contributed by atoms with Gasteiger partial charge in [0, 0.05) is 24.9 Å². The van der Waals surface area contributed by atoms with Gasteiger partial charge in [0.05, 0.1) is 6.54 Å². The minimum absolute atomic E-state index is 0.262. The molecule has 0 fully saturated rings. The Balaban J connectivity index is 2.51. The molecule has 6 heteroatoms. The quantitative estimate of drug-likeness (QED) is 0.809. The lowest BCUT2D eigenvalue weighted by atomic mass is 10.2. The van der Waals surface area contributed by atoms with Gasteiger partial charge in [0.1, 0.15) is 0 Å². The van der Waals surface area contributed by atoms with Gasteiger partial charge in [-0.1, -0.05) is 17.7 Å². The molecule has 100 valence electrons. The van der Waals surface area contributed by atoms with Crippen molar-refractivity contribution in [2.45, 2.75) is 13.2 Å². The Labute approximate surface area is 111 Å². The fraction of sp³-hybridized carbons (Fsp3) is 0.417. The summed E-state index contributed by atoms with van der Waals surface area (Å²) in [5.74, 6) is 0. The summed E-state index contributed by atoms with van der Waals surface area (Å²) in [5.41, 5.74) is 1.61.